The molecule has 1 aliphatic rings. The van der Waals surface area contributed by atoms with Crippen molar-refractivity contribution in [3.05, 3.63) is 0 Å². The first-order valence-electron chi connectivity index (χ1n) is 6.44. The van der Waals surface area contributed by atoms with Gasteiger partial charge in [0.2, 0.25) is 0 Å². The molecule has 0 amide bonds. The van der Waals surface area contributed by atoms with Crippen molar-refractivity contribution in [2.24, 2.45) is 17.3 Å². The highest BCUT2D eigenvalue weighted by Crippen LogP contribution is 2.50. The Balaban J connectivity index is 1.78. The van der Waals surface area contributed by atoms with Crippen LogP contribution in [-0.2, 0) is 0 Å². The molecule has 0 saturated heterocycles. The minimum Gasteiger partial charge on any atom is -0.316 e. The summed E-state index contributed by atoms with van der Waals surface area (Å²) < 4.78 is 0. The summed E-state index contributed by atoms with van der Waals surface area (Å²) in [6, 6.07) is 0. The molecule has 0 bridgehead atoms. The highest BCUT2D eigenvalue weighted by Gasteiger charge is 2.44. The number of hydrogen-bond acceptors (Lipinski definition) is 2. The van der Waals surface area contributed by atoms with Gasteiger partial charge in [0, 0.05) is 0 Å². The summed E-state index contributed by atoms with van der Waals surface area (Å²) in [7, 11) is 0. The van der Waals surface area contributed by atoms with E-state index in [9.17, 15) is 0 Å². The maximum absolute atomic E-state index is 3.55. The van der Waals surface area contributed by atoms with Gasteiger partial charge in [-0.1, -0.05) is 27.7 Å². The van der Waals surface area contributed by atoms with Crippen LogP contribution < -0.4 is 10.6 Å². The van der Waals surface area contributed by atoms with Crippen molar-refractivity contribution in [1.82, 2.24) is 10.6 Å². The van der Waals surface area contributed by atoms with E-state index in [-0.39, 0.29) is 0 Å². The van der Waals surface area contributed by atoms with Gasteiger partial charge in [0.25, 0.3) is 0 Å². The average molecular weight is 212 g/mol. The van der Waals surface area contributed by atoms with Gasteiger partial charge in [-0.05, 0) is 56.3 Å². The Bertz CT molecular complexity index is 175. The van der Waals surface area contributed by atoms with Gasteiger partial charge >= 0.3 is 0 Å². The van der Waals surface area contributed by atoms with Crippen LogP contribution in [0.5, 0.6) is 0 Å². The van der Waals surface area contributed by atoms with E-state index in [1.165, 1.54) is 19.4 Å². The molecule has 2 nitrogen and oxygen atoms in total. The Morgan fingerprint density at radius 1 is 1.20 bits per heavy atom. The molecular formula is C13H28N2. The maximum atomic E-state index is 3.55. The average Bonchev–Trinajstić information content (AvgIpc) is 2.72. The minimum absolute atomic E-state index is 0.628. The summed E-state index contributed by atoms with van der Waals surface area (Å²) in [5.74, 6) is 1.70. The Morgan fingerprint density at radius 2 is 1.80 bits per heavy atom. The van der Waals surface area contributed by atoms with Crippen molar-refractivity contribution in [2.75, 3.05) is 26.2 Å². The third kappa shape index (κ3) is 5.53. The number of rotatable bonds is 8. The van der Waals surface area contributed by atoms with Crippen LogP contribution in [0, 0.1) is 17.3 Å². The fourth-order valence-corrected chi connectivity index (χ4v) is 1.93. The molecule has 1 fully saturated rings. The second-order valence-electron chi connectivity index (χ2n) is 6.05. The van der Waals surface area contributed by atoms with Crippen LogP contribution in [-0.4, -0.2) is 26.2 Å². The molecule has 1 unspecified atom stereocenters. The maximum Gasteiger partial charge on any atom is -0.00152 e. The Kier molecular flexibility index (Phi) is 5.07. The molecule has 1 saturated carbocycles. The van der Waals surface area contributed by atoms with Gasteiger partial charge in [0.05, 0.1) is 0 Å². The molecule has 0 aromatic carbocycles. The zero-order valence-electron chi connectivity index (χ0n) is 10.9. The van der Waals surface area contributed by atoms with E-state index in [0.29, 0.717) is 5.41 Å². The molecule has 0 aromatic heterocycles. The molecule has 0 radical (unpaired) electrons. The predicted octanol–water partition coefficient (Wildman–Crippen LogP) is 2.26. The fourth-order valence-electron chi connectivity index (χ4n) is 1.93. The lowest BCUT2D eigenvalue weighted by Crippen LogP contribution is -2.26. The van der Waals surface area contributed by atoms with E-state index in [1.807, 2.05) is 0 Å². The zero-order chi connectivity index (χ0) is 11.3. The second-order valence-corrected chi connectivity index (χ2v) is 6.05. The van der Waals surface area contributed by atoms with E-state index in [0.717, 1.165) is 31.5 Å². The van der Waals surface area contributed by atoms with Gasteiger partial charge < -0.3 is 10.6 Å². The van der Waals surface area contributed by atoms with E-state index in [2.05, 4.69) is 38.3 Å². The first-order chi connectivity index (χ1) is 7.02. The van der Waals surface area contributed by atoms with E-state index < -0.39 is 0 Å². The lowest BCUT2D eigenvalue weighted by Gasteiger charge is -2.08. The van der Waals surface area contributed by atoms with Crippen LogP contribution in [0.15, 0.2) is 0 Å². The van der Waals surface area contributed by atoms with Gasteiger partial charge in [-0.3, -0.25) is 0 Å². The van der Waals surface area contributed by atoms with E-state index in [4.69, 9.17) is 0 Å². The van der Waals surface area contributed by atoms with Gasteiger partial charge in [0.1, 0.15) is 0 Å². The molecule has 1 atom stereocenters. The van der Waals surface area contributed by atoms with Crippen LogP contribution in [0.3, 0.4) is 0 Å². The Hall–Kier alpha value is -0.0800. The third-order valence-electron chi connectivity index (χ3n) is 3.37. The van der Waals surface area contributed by atoms with Crippen molar-refractivity contribution < 1.29 is 0 Å². The fraction of sp³-hybridized carbons (Fsp3) is 1.00. The summed E-state index contributed by atoms with van der Waals surface area (Å²) >= 11 is 0. The summed E-state index contributed by atoms with van der Waals surface area (Å²) in [6.45, 7) is 13.9. The Labute approximate surface area is 95.2 Å². The molecule has 1 aliphatic carbocycles. The van der Waals surface area contributed by atoms with E-state index in [1.54, 1.807) is 0 Å². The van der Waals surface area contributed by atoms with Gasteiger partial charge in [-0.2, -0.15) is 0 Å². The van der Waals surface area contributed by atoms with Crippen molar-refractivity contribution >= 4 is 0 Å². The third-order valence-corrected chi connectivity index (χ3v) is 3.37. The predicted molar refractivity (Wildman–Crippen MR) is 67.1 cm³/mol. The smallest absolute Gasteiger partial charge is 0.00152 e. The van der Waals surface area contributed by atoms with Crippen molar-refractivity contribution in [1.29, 1.82) is 0 Å². The molecule has 0 aliphatic heterocycles. The summed E-state index contributed by atoms with van der Waals surface area (Å²) in [6.07, 6.45) is 2.66. The van der Waals surface area contributed by atoms with Crippen molar-refractivity contribution in [3.63, 3.8) is 0 Å². The summed E-state index contributed by atoms with van der Waals surface area (Å²) in [5.41, 5.74) is 0.628. The SMILES string of the molecule is CC(C)CNCCCNCC1CC1(C)C. The highest BCUT2D eigenvalue weighted by atomic mass is 14.9. The molecule has 0 spiro atoms. The van der Waals surface area contributed by atoms with Crippen LogP contribution in [0.4, 0.5) is 0 Å². The van der Waals surface area contributed by atoms with Gasteiger partial charge in [-0.15, -0.1) is 0 Å². The molecule has 0 heterocycles. The van der Waals surface area contributed by atoms with Crippen LogP contribution in [0.25, 0.3) is 0 Å². The van der Waals surface area contributed by atoms with Crippen LogP contribution in [0.2, 0.25) is 0 Å². The lowest BCUT2D eigenvalue weighted by molar-refractivity contribution is 0.499. The van der Waals surface area contributed by atoms with Crippen LogP contribution >= 0.6 is 0 Å². The summed E-state index contributed by atoms with van der Waals surface area (Å²) in [5, 5.41) is 7.02. The quantitative estimate of drug-likeness (QED) is 0.603. The standard InChI is InChI=1S/C13H28N2/c1-11(2)9-14-6-5-7-15-10-12-8-13(12,3)4/h11-12,14-15H,5-10H2,1-4H3. The van der Waals surface area contributed by atoms with Crippen LogP contribution in [0.1, 0.15) is 40.5 Å². The lowest BCUT2D eigenvalue weighted by atomic mass is 10.1. The van der Waals surface area contributed by atoms with Gasteiger partial charge in [-0.25, -0.2) is 0 Å². The molecule has 2 N–H and O–H groups in total. The molecule has 1 rings (SSSR count). The number of hydrogen-bond donors (Lipinski definition) is 2. The zero-order valence-corrected chi connectivity index (χ0v) is 10.9. The first kappa shape index (κ1) is 13.0. The number of nitrogens with one attached hydrogen (secondary N) is 2. The topological polar surface area (TPSA) is 24.1 Å². The molecular weight excluding hydrogens is 184 g/mol. The molecule has 2 heteroatoms. The first-order valence-corrected chi connectivity index (χ1v) is 6.44. The molecule has 0 aromatic rings. The minimum atomic E-state index is 0.628. The monoisotopic (exact) mass is 212 g/mol. The summed E-state index contributed by atoms with van der Waals surface area (Å²) in [4.78, 5) is 0. The van der Waals surface area contributed by atoms with Gasteiger partial charge in [0.15, 0.2) is 0 Å². The van der Waals surface area contributed by atoms with Crippen molar-refractivity contribution in [3.8, 4) is 0 Å². The second kappa shape index (κ2) is 5.86. The normalized spacial score (nSPS) is 23.4. The van der Waals surface area contributed by atoms with E-state index >= 15 is 0 Å². The molecule has 15 heavy (non-hydrogen) atoms. The Morgan fingerprint density at radius 3 is 2.33 bits per heavy atom. The largest absolute Gasteiger partial charge is 0.316 e. The molecule has 90 valence electrons. The highest BCUT2D eigenvalue weighted by molar-refractivity contribution is 4.95. The van der Waals surface area contributed by atoms with Crippen molar-refractivity contribution in [2.45, 2.75) is 40.5 Å².